The van der Waals surface area contributed by atoms with Crippen molar-refractivity contribution in [3.8, 4) is 0 Å². The van der Waals surface area contributed by atoms with E-state index < -0.39 is 0 Å². The number of carbonyl (C=O) groups is 1. The fourth-order valence-corrected chi connectivity index (χ4v) is 2.25. The molecule has 16 heavy (non-hydrogen) atoms. The zero-order chi connectivity index (χ0) is 11.3. The molecular weight excluding hydrogens is 376 g/mol. The molecule has 95 valence electrons. The minimum atomic E-state index is -0.0139. The summed E-state index contributed by atoms with van der Waals surface area (Å²) in [4.78, 5) is 11.2. The number of nitrogens with zero attached hydrogens (tertiary/aromatic N) is 1. The molecule has 2 aliphatic heterocycles. The summed E-state index contributed by atoms with van der Waals surface area (Å²) >= 11 is 0. The van der Waals surface area contributed by atoms with Crippen LogP contribution < -0.4 is 10.6 Å². The van der Waals surface area contributed by atoms with Gasteiger partial charge in [-0.3, -0.25) is 0 Å². The van der Waals surface area contributed by atoms with E-state index in [9.17, 15) is 4.79 Å². The van der Waals surface area contributed by atoms with E-state index in [1.165, 1.54) is 0 Å². The number of nitrogens with one attached hydrogen (secondary N) is 2. The van der Waals surface area contributed by atoms with E-state index in [1.54, 1.807) is 0 Å². The largest absolute Gasteiger partial charge is 0.662 e. The summed E-state index contributed by atoms with van der Waals surface area (Å²) in [7, 11) is 0. The van der Waals surface area contributed by atoms with Crippen LogP contribution in [0.5, 0.6) is 0 Å². The first-order valence-electron chi connectivity index (χ1n) is 5.92. The second-order valence-corrected chi connectivity index (χ2v) is 4.06. The Morgan fingerprint density at radius 3 is 2.44 bits per heavy atom. The van der Waals surface area contributed by atoms with Gasteiger partial charge in [0.05, 0.1) is 0 Å². The number of amides is 2. The second-order valence-electron chi connectivity index (χ2n) is 4.06. The summed E-state index contributed by atoms with van der Waals surface area (Å²) < 4.78 is 0. The van der Waals surface area contributed by atoms with E-state index >= 15 is 0 Å². The van der Waals surface area contributed by atoms with Crippen molar-refractivity contribution >= 4 is 6.03 Å². The monoisotopic (exact) mass is 399 g/mol. The molecule has 2 N–H and O–H groups in total. The van der Waals surface area contributed by atoms with Crippen LogP contribution in [0, 0.1) is 5.92 Å². The summed E-state index contributed by atoms with van der Waals surface area (Å²) in [5.74, 6) is 0.515. The van der Waals surface area contributed by atoms with E-state index in [-0.39, 0.29) is 32.0 Å². The Kier molecular flexibility index (Phi) is 7.21. The molecule has 0 aromatic rings. The van der Waals surface area contributed by atoms with Gasteiger partial charge < -0.3 is 16.0 Å². The predicted molar refractivity (Wildman–Crippen MR) is 62.1 cm³/mol. The normalized spacial score (nSPS) is 26.7. The van der Waals surface area contributed by atoms with Gasteiger partial charge in [0.25, 0.3) is 0 Å². The van der Waals surface area contributed by atoms with Crippen LogP contribution in [0.4, 0.5) is 4.79 Å². The molecule has 2 fully saturated rings. The molecular formula is C11H22N3ORe-. The van der Waals surface area contributed by atoms with Gasteiger partial charge >= 0.3 is 6.03 Å². The molecule has 0 aliphatic carbocycles. The van der Waals surface area contributed by atoms with Crippen LogP contribution in [-0.4, -0.2) is 31.2 Å². The second kappa shape index (κ2) is 7.26. The zero-order valence-electron chi connectivity index (χ0n) is 10.3. The Balaban J connectivity index is 0.000000711. The third kappa shape index (κ3) is 3.44. The molecule has 1 spiro atoms. The minimum Gasteiger partial charge on any atom is -0.662 e. The van der Waals surface area contributed by atoms with Gasteiger partial charge in [0.15, 0.2) is 0 Å². The Hall–Kier alpha value is -0.108. The molecule has 0 bridgehead atoms. The van der Waals surface area contributed by atoms with Crippen LogP contribution in [0.25, 0.3) is 5.32 Å². The van der Waals surface area contributed by atoms with Gasteiger partial charge in [0, 0.05) is 32.5 Å². The summed E-state index contributed by atoms with van der Waals surface area (Å²) in [6, 6.07) is -0.0139. The van der Waals surface area contributed by atoms with Crippen molar-refractivity contribution in [1.82, 2.24) is 10.6 Å². The molecule has 1 atom stereocenters. The fraction of sp³-hybridized carbons (Fsp3) is 0.909. The van der Waals surface area contributed by atoms with E-state index in [2.05, 4.69) is 22.9 Å². The molecule has 2 amide bonds. The van der Waals surface area contributed by atoms with Crippen molar-refractivity contribution in [3.05, 3.63) is 5.32 Å². The molecule has 2 aliphatic rings. The predicted octanol–water partition coefficient (Wildman–Crippen LogP) is 1.87. The van der Waals surface area contributed by atoms with Crippen LogP contribution in [0.2, 0.25) is 0 Å². The average Bonchev–Trinajstić information content (AvgIpc) is 2.28. The fourth-order valence-electron chi connectivity index (χ4n) is 2.25. The molecule has 0 saturated carbocycles. The maximum atomic E-state index is 11.2. The molecule has 0 aromatic heterocycles. The standard InChI is InChI=1S/C9H16N3O.C2H6.Re/c1-7-6-11-8(13)12-9(7)2-4-10-5-3-9;1-2;/h7H,2-6H2,1H3,(H2,11,12,13);1-2H3;/q-1;;. The van der Waals surface area contributed by atoms with Crippen LogP contribution >= 0.6 is 0 Å². The number of rotatable bonds is 0. The molecule has 2 rings (SSSR count). The van der Waals surface area contributed by atoms with Crippen LogP contribution in [0.15, 0.2) is 0 Å². The number of hydrogen-bond acceptors (Lipinski definition) is 1. The number of hydrogen-bond donors (Lipinski definition) is 2. The Morgan fingerprint density at radius 1 is 1.31 bits per heavy atom. The van der Waals surface area contributed by atoms with Crippen LogP contribution in [0.3, 0.4) is 0 Å². The number of piperidine rings is 1. The zero-order valence-corrected chi connectivity index (χ0v) is 13.1. The van der Waals surface area contributed by atoms with E-state index in [1.807, 2.05) is 13.8 Å². The summed E-state index contributed by atoms with van der Waals surface area (Å²) in [6.45, 7) is 8.78. The van der Waals surface area contributed by atoms with Gasteiger partial charge in [0.2, 0.25) is 0 Å². The Morgan fingerprint density at radius 2 is 1.88 bits per heavy atom. The molecule has 1 radical (unpaired) electrons. The van der Waals surface area contributed by atoms with Crippen molar-refractivity contribution in [2.24, 2.45) is 5.92 Å². The quantitative estimate of drug-likeness (QED) is 0.643. The molecule has 4 nitrogen and oxygen atoms in total. The third-order valence-electron chi connectivity index (χ3n) is 3.31. The van der Waals surface area contributed by atoms with Gasteiger partial charge in [0.1, 0.15) is 0 Å². The van der Waals surface area contributed by atoms with Crippen molar-refractivity contribution in [3.63, 3.8) is 0 Å². The van der Waals surface area contributed by atoms with Crippen LogP contribution in [-0.2, 0) is 20.4 Å². The third-order valence-corrected chi connectivity index (χ3v) is 3.31. The summed E-state index contributed by atoms with van der Waals surface area (Å²) in [5, 5.41) is 10.2. The van der Waals surface area contributed by atoms with Gasteiger partial charge in [-0.2, -0.15) is 0 Å². The van der Waals surface area contributed by atoms with E-state index in [4.69, 9.17) is 0 Å². The Labute approximate surface area is 112 Å². The van der Waals surface area contributed by atoms with E-state index in [0.29, 0.717) is 5.92 Å². The van der Waals surface area contributed by atoms with Gasteiger partial charge in [-0.1, -0.05) is 20.8 Å². The first-order chi connectivity index (χ1) is 7.23. The topological polar surface area (TPSA) is 55.2 Å². The summed E-state index contributed by atoms with van der Waals surface area (Å²) in [6.07, 6.45) is 2.00. The van der Waals surface area contributed by atoms with Crippen molar-refractivity contribution in [2.45, 2.75) is 39.2 Å². The summed E-state index contributed by atoms with van der Waals surface area (Å²) in [5.41, 5.74) is 0.0318. The molecule has 2 saturated heterocycles. The maximum Gasteiger partial charge on any atom is 0.315 e. The van der Waals surface area contributed by atoms with E-state index in [0.717, 1.165) is 32.5 Å². The van der Waals surface area contributed by atoms with Crippen molar-refractivity contribution < 1.29 is 25.2 Å². The molecule has 2 heterocycles. The van der Waals surface area contributed by atoms with Crippen LogP contribution in [0.1, 0.15) is 33.6 Å². The number of urea groups is 1. The smallest absolute Gasteiger partial charge is 0.315 e. The SMILES string of the molecule is CC.CC1CNC(=O)NC12CC[N-]CC2.[Re]. The maximum absolute atomic E-state index is 11.2. The van der Waals surface area contributed by atoms with Crippen molar-refractivity contribution in [2.75, 3.05) is 19.6 Å². The first kappa shape index (κ1) is 15.9. The molecule has 1 unspecified atom stereocenters. The van der Waals surface area contributed by atoms with Gasteiger partial charge in [-0.15, -0.1) is 13.1 Å². The molecule has 5 heteroatoms. The Bertz CT molecular complexity index is 217. The van der Waals surface area contributed by atoms with Crippen molar-refractivity contribution in [1.29, 1.82) is 0 Å². The minimum absolute atomic E-state index is 0. The van der Waals surface area contributed by atoms with Gasteiger partial charge in [-0.25, -0.2) is 4.79 Å². The number of carbonyl (C=O) groups excluding carboxylic acids is 1. The van der Waals surface area contributed by atoms with Gasteiger partial charge in [-0.05, 0) is 18.8 Å². The first-order valence-corrected chi connectivity index (χ1v) is 5.92. The molecule has 0 aromatic carbocycles. The average molecular weight is 399 g/mol.